The highest BCUT2D eigenvalue weighted by atomic mass is 16.5. The Labute approximate surface area is 135 Å². The molecule has 0 aromatic heterocycles. The molecule has 23 heavy (non-hydrogen) atoms. The molecule has 2 heterocycles. The van der Waals surface area contributed by atoms with Crippen LogP contribution in [0.15, 0.2) is 6.07 Å². The summed E-state index contributed by atoms with van der Waals surface area (Å²) in [5.41, 5.74) is 0.902. The van der Waals surface area contributed by atoms with Gasteiger partial charge in [0.25, 0.3) is 0 Å². The van der Waals surface area contributed by atoms with E-state index in [2.05, 4.69) is 5.32 Å². The number of carboxylic acid groups (broad SMARTS) is 1. The zero-order chi connectivity index (χ0) is 16.8. The molecule has 2 atom stereocenters. The smallest absolute Gasteiger partial charge is 0.325 e. The summed E-state index contributed by atoms with van der Waals surface area (Å²) in [4.78, 5) is 14.0. The Morgan fingerprint density at radius 3 is 2.57 bits per heavy atom. The van der Waals surface area contributed by atoms with E-state index in [-0.39, 0.29) is 5.92 Å². The summed E-state index contributed by atoms with van der Waals surface area (Å²) in [5, 5.41) is 13.0. The molecule has 0 saturated carbocycles. The van der Waals surface area contributed by atoms with Gasteiger partial charge in [-0.3, -0.25) is 10.1 Å². The van der Waals surface area contributed by atoms with E-state index in [0.717, 1.165) is 11.1 Å². The van der Waals surface area contributed by atoms with Gasteiger partial charge in [-0.2, -0.15) is 0 Å². The van der Waals surface area contributed by atoms with Crippen molar-refractivity contribution < 1.29 is 24.1 Å². The maximum absolute atomic E-state index is 12.0. The Bertz CT molecular complexity index is 648. The van der Waals surface area contributed by atoms with E-state index in [9.17, 15) is 9.90 Å². The van der Waals surface area contributed by atoms with Crippen LogP contribution in [0.1, 0.15) is 17.0 Å². The fourth-order valence-corrected chi connectivity index (χ4v) is 3.88. The van der Waals surface area contributed by atoms with Gasteiger partial charge in [0, 0.05) is 31.1 Å². The lowest BCUT2D eigenvalue weighted by molar-refractivity contribution is -0.145. The second kappa shape index (κ2) is 5.58. The van der Waals surface area contributed by atoms with Gasteiger partial charge in [0.2, 0.25) is 5.75 Å². The third kappa shape index (κ3) is 2.14. The number of carboxylic acids is 1. The largest absolute Gasteiger partial charge is 0.493 e. The Kier molecular flexibility index (Phi) is 3.85. The van der Waals surface area contributed by atoms with Gasteiger partial charge in [-0.05, 0) is 18.7 Å². The number of benzene rings is 1. The van der Waals surface area contributed by atoms with Crippen molar-refractivity contribution in [3.8, 4) is 17.2 Å². The summed E-state index contributed by atoms with van der Waals surface area (Å²) in [5.74, 6) is 0.681. The summed E-state index contributed by atoms with van der Waals surface area (Å²) in [6, 6.07) is 1.89. The van der Waals surface area contributed by atoms with Crippen molar-refractivity contribution in [1.29, 1.82) is 0 Å². The van der Waals surface area contributed by atoms with Crippen LogP contribution in [0, 0.1) is 0 Å². The second-order valence-corrected chi connectivity index (χ2v) is 6.09. The van der Waals surface area contributed by atoms with Crippen LogP contribution in [0.3, 0.4) is 0 Å². The zero-order valence-corrected chi connectivity index (χ0v) is 13.8. The third-order valence-corrected chi connectivity index (χ3v) is 4.91. The number of methoxy groups -OCH3 is 3. The van der Waals surface area contributed by atoms with Crippen LogP contribution in [-0.4, -0.2) is 63.0 Å². The summed E-state index contributed by atoms with van der Waals surface area (Å²) in [6.07, 6.45) is 0. The van der Waals surface area contributed by atoms with Crippen LogP contribution in [0.25, 0.3) is 0 Å². The number of hydrogen-bond donors (Lipinski definition) is 2. The molecule has 126 valence electrons. The molecule has 2 N–H and O–H groups in total. The Morgan fingerprint density at radius 2 is 2.00 bits per heavy atom. The number of carbonyl (C=O) groups is 1. The van der Waals surface area contributed by atoms with E-state index < -0.39 is 11.5 Å². The normalized spacial score (nSPS) is 26.3. The van der Waals surface area contributed by atoms with Crippen molar-refractivity contribution in [1.82, 2.24) is 10.2 Å². The van der Waals surface area contributed by atoms with Crippen LogP contribution in [0.4, 0.5) is 0 Å². The summed E-state index contributed by atoms with van der Waals surface area (Å²) >= 11 is 0. The molecular formula is C16H22N2O5. The summed E-state index contributed by atoms with van der Waals surface area (Å²) < 4.78 is 16.4. The molecule has 1 saturated heterocycles. The number of fused-ring (bicyclic) bond motifs is 3. The standard InChI is InChI=1S/C16H22N2O5/c1-18-7-11-9-5-12(21-2)14(23-4)13(22-3)10(9)6-17-16(11,8-18)15(19)20/h5,11,17H,6-8H2,1-4H3,(H,19,20)/t11-,16+/m0/s1. The first-order chi connectivity index (χ1) is 11.0. The highest BCUT2D eigenvalue weighted by molar-refractivity contribution is 5.83. The molecule has 1 fully saturated rings. The Hall–Kier alpha value is -1.99. The quantitative estimate of drug-likeness (QED) is 0.843. The van der Waals surface area contributed by atoms with Gasteiger partial charge in [0.05, 0.1) is 21.3 Å². The first-order valence-electron chi connectivity index (χ1n) is 7.47. The highest BCUT2D eigenvalue weighted by Crippen LogP contribution is 2.49. The Morgan fingerprint density at radius 1 is 1.30 bits per heavy atom. The second-order valence-electron chi connectivity index (χ2n) is 6.09. The van der Waals surface area contributed by atoms with E-state index in [1.165, 1.54) is 0 Å². The number of likely N-dealkylation sites (tertiary alicyclic amines) is 1. The van der Waals surface area contributed by atoms with Crippen LogP contribution < -0.4 is 19.5 Å². The number of hydrogen-bond acceptors (Lipinski definition) is 6. The first-order valence-corrected chi connectivity index (χ1v) is 7.47. The first kappa shape index (κ1) is 15.9. The van der Waals surface area contributed by atoms with Gasteiger partial charge < -0.3 is 24.2 Å². The summed E-state index contributed by atoms with van der Waals surface area (Å²) in [6.45, 7) is 1.53. The van der Waals surface area contributed by atoms with E-state index >= 15 is 0 Å². The van der Waals surface area contributed by atoms with Crippen molar-refractivity contribution in [2.24, 2.45) is 0 Å². The lowest BCUT2D eigenvalue weighted by Crippen LogP contribution is -2.59. The lowest BCUT2D eigenvalue weighted by atomic mass is 9.76. The predicted octanol–water partition coefficient (Wildman–Crippen LogP) is 0.668. The molecule has 2 aliphatic heterocycles. The van der Waals surface area contributed by atoms with Crippen molar-refractivity contribution in [3.63, 3.8) is 0 Å². The molecule has 0 radical (unpaired) electrons. The molecule has 0 bridgehead atoms. The third-order valence-electron chi connectivity index (χ3n) is 4.91. The van der Waals surface area contributed by atoms with Crippen LogP contribution in [0.2, 0.25) is 0 Å². The van der Waals surface area contributed by atoms with E-state index in [1.807, 2.05) is 18.0 Å². The maximum Gasteiger partial charge on any atom is 0.325 e. The number of nitrogens with one attached hydrogen (secondary N) is 1. The van der Waals surface area contributed by atoms with Crippen molar-refractivity contribution >= 4 is 5.97 Å². The topological polar surface area (TPSA) is 80.3 Å². The molecule has 2 aliphatic rings. The minimum atomic E-state index is -0.980. The van der Waals surface area contributed by atoms with Gasteiger partial charge in [-0.15, -0.1) is 0 Å². The molecule has 7 heteroatoms. The van der Waals surface area contributed by atoms with E-state index in [0.29, 0.717) is 36.9 Å². The van der Waals surface area contributed by atoms with Gasteiger partial charge in [-0.1, -0.05) is 0 Å². The maximum atomic E-state index is 12.0. The summed E-state index contributed by atoms with van der Waals surface area (Å²) in [7, 11) is 6.64. The van der Waals surface area contributed by atoms with Gasteiger partial charge in [-0.25, -0.2) is 0 Å². The minimum Gasteiger partial charge on any atom is -0.493 e. The van der Waals surface area contributed by atoms with Gasteiger partial charge in [0.1, 0.15) is 5.54 Å². The number of ether oxygens (including phenoxy) is 3. The molecule has 1 aromatic rings. The monoisotopic (exact) mass is 322 g/mol. The SMILES string of the molecule is COc1cc2c(c(OC)c1OC)CN[C@]1(C(=O)O)CN(C)C[C@@H]21. The predicted molar refractivity (Wildman–Crippen MR) is 83.5 cm³/mol. The molecule has 3 rings (SSSR count). The van der Waals surface area contributed by atoms with Crippen molar-refractivity contribution in [2.75, 3.05) is 41.5 Å². The minimum absolute atomic E-state index is 0.178. The molecule has 7 nitrogen and oxygen atoms in total. The molecule has 0 unspecified atom stereocenters. The lowest BCUT2D eigenvalue weighted by Gasteiger charge is -2.38. The fraction of sp³-hybridized carbons (Fsp3) is 0.562. The average molecular weight is 322 g/mol. The van der Waals surface area contributed by atoms with Crippen LogP contribution in [0.5, 0.6) is 17.2 Å². The number of rotatable bonds is 4. The van der Waals surface area contributed by atoms with Gasteiger partial charge in [0.15, 0.2) is 11.5 Å². The fourth-order valence-electron chi connectivity index (χ4n) is 3.88. The number of likely N-dealkylation sites (N-methyl/N-ethyl adjacent to an activating group) is 1. The molecular weight excluding hydrogens is 300 g/mol. The average Bonchev–Trinajstić information content (AvgIpc) is 2.90. The van der Waals surface area contributed by atoms with Crippen LogP contribution in [-0.2, 0) is 11.3 Å². The van der Waals surface area contributed by atoms with Gasteiger partial charge >= 0.3 is 5.97 Å². The zero-order valence-electron chi connectivity index (χ0n) is 13.8. The van der Waals surface area contributed by atoms with E-state index in [1.54, 1.807) is 21.3 Å². The highest BCUT2D eigenvalue weighted by Gasteiger charge is 2.55. The van der Waals surface area contributed by atoms with Crippen LogP contribution >= 0.6 is 0 Å². The molecule has 0 amide bonds. The number of nitrogens with zero attached hydrogens (tertiary/aromatic N) is 1. The van der Waals surface area contributed by atoms with E-state index in [4.69, 9.17) is 14.2 Å². The molecule has 1 aromatic carbocycles. The van der Waals surface area contributed by atoms with Crippen molar-refractivity contribution in [3.05, 3.63) is 17.2 Å². The Balaban J connectivity index is 2.21. The molecule has 0 aliphatic carbocycles. The number of aliphatic carboxylic acids is 1. The molecule has 0 spiro atoms. The van der Waals surface area contributed by atoms with Crippen molar-refractivity contribution in [2.45, 2.75) is 18.0 Å².